The van der Waals surface area contributed by atoms with Gasteiger partial charge in [0.2, 0.25) is 5.09 Å². The molecule has 0 aliphatic heterocycles. The predicted molar refractivity (Wildman–Crippen MR) is 61.6 cm³/mol. The van der Waals surface area contributed by atoms with Gasteiger partial charge in [0.15, 0.2) is 0 Å². The second-order valence-corrected chi connectivity index (χ2v) is 5.21. The van der Waals surface area contributed by atoms with E-state index in [4.69, 9.17) is 4.42 Å². The minimum atomic E-state index is -3.46. The van der Waals surface area contributed by atoms with Gasteiger partial charge in [-0.1, -0.05) is 13.8 Å². The summed E-state index contributed by atoms with van der Waals surface area (Å²) in [6.07, 6.45) is 0. The van der Waals surface area contributed by atoms with E-state index in [1.807, 2.05) is 0 Å². The Kier molecular flexibility index (Phi) is 4.52. The minimum Gasteiger partial charge on any atom is -0.447 e. The number of furan rings is 1. The van der Waals surface area contributed by atoms with Crippen molar-refractivity contribution in [2.24, 2.45) is 0 Å². The fourth-order valence-electron chi connectivity index (χ4n) is 1.46. The zero-order chi connectivity index (χ0) is 12.2. The van der Waals surface area contributed by atoms with Crippen LogP contribution in [0.15, 0.2) is 21.6 Å². The SMILES string of the molecule is CCN(CC)S(=O)(=O)c1ccc(CNC)o1. The maximum Gasteiger partial charge on any atom is 0.276 e. The molecule has 1 aromatic heterocycles. The summed E-state index contributed by atoms with van der Waals surface area (Å²) in [6.45, 7) is 5.02. The molecule has 0 saturated carbocycles. The Balaban J connectivity index is 2.97. The van der Waals surface area contributed by atoms with Crippen molar-refractivity contribution in [3.05, 3.63) is 17.9 Å². The summed E-state index contributed by atoms with van der Waals surface area (Å²) in [6, 6.07) is 3.17. The number of sulfonamides is 1. The van der Waals surface area contributed by atoms with Crippen molar-refractivity contribution in [3.63, 3.8) is 0 Å². The lowest BCUT2D eigenvalue weighted by molar-refractivity contribution is 0.376. The van der Waals surface area contributed by atoms with Crippen LogP contribution in [0.4, 0.5) is 0 Å². The molecular weight excluding hydrogens is 228 g/mol. The van der Waals surface area contributed by atoms with Gasteiger partial charge in [0, 0.05) is 13.1 Å². The molecular formula is C10H18N2O3S. The third kappa shape index (κ3) is 2.63. The first-order valence-electron chi connectivity index (χ1n) is 5.29. The minimum absolute atomic E-state index is 0.0152. The van der Waals surface area contributed by atoms with E-state index in [1.165, 1.54) is 10.4 Å². The number of rotatable bonds is 6. The van der Waals surface area contributed by atoms with E-state index in [9.17, 15) is 8.42 Å². The van der Waals surface area contributed by atoms with Crippen LogP contribution in [0.1, 0.15) is 19.6 Å². The van der Waals surface area contributed by atoms with E-state index < -0.39 is 10.0 Å². The largest absolute Gasteiger partial charge is 0.447 e. The van der Waals surface area contributed by atoms with Crippen LogP contribution >= 0.6 is 0 Å². The number of hydrogen-bond acceptors (Lipinski definition) is 4. The molecule has 0 aliphatic rings. The van der Waals surface area contributed by atoms with Crippen molar-refractivity contribution in [2.45, 2.75) is 25.5 Å². The number of hydrogen-bond donors (Lipinski definition) is 1. The van der Waals surface area contributed by atoms with Crippen molar-refractivity contribution in [3.8, 4) is 0 Å². The van der Waals surface area contributed by atoms with E-state index in [0.29, 0.717) is 25.4 Å². The molecule has 0 bridgehead atoms. The lowest BCUT2D eigenvalue weighted by Crippen LogP contribution is -2.30. The van der Waals surface area contributed by atoms with Crippen LogP contribution in [-0.2, 0) is 16.6 Å². The molecule has 0 amide bonds. The van der Waals surface area contributed by atoms with Gasteiger partial charge >= 0.3 is 0 Å². The molecule has 0 radical (unpaired) electrons. The number of nitrogens with zero attached hydrogens (tertiary/aromatic N) is 1. The molecule has 1 aromatic rings. The first kappa shape index (κ1) is 13.2. The Bertz CT molecular complexity index is 421. The quantitative estimate of drug-likeness (QED) is 0.814. The van der Waals surface area contributed by atoms with Crippen molar-refractivity contribution >= 4 is 10.0 Å². The van der Waals surface area contributed by atoms with Gasteiger partial charge in [-0.15, -0.1) is 0 Å². The normalized spacial score (nSPS) is 12.2. The Morgan fingerprint density at radius 3 is 2.44 bits per heavy atom. The van der Waals surface area contributed by atoms with Gasteiger partial charge in [-0.25, -0.2) is 8.42 Å². The second kappa shape index (κ2) is 5.47. The van der Waals surface area contributed by atoms with Crippen LogP contribution in [0.25, 0.3) is 0 Å². The average molecular weight is 246 g/mol. The Hall–Kier alpha value is -0.850. The third-order valence-electron chi connectivity index (χ3n) is 2.29. The molecule has 0 aliphatic carbocycles. The fraction of sp³-hybridized carbons (Fsp3) is 0.600. The summed E-state index contributed by atoms with van der Waals surface area (Å²) < 4.78 is 30.7. The van der Waals surface area contributed by atoms with Crippen molar-refractivity contribution in [2.75, 3.05) is 20.1 Å². The summed E-state index contributed by atoms with van der Waals surface area (Å²) in [7, 11) is -1.68. The topological polar surface area (TPSA) is 62.6 Å². The van der Waals surface area contributed by atoms with E-state index in [-0.39, 0.29) is 5.09 Å². The van der Waals surface area contributed by atoms with E-state index >= 15 is 0 Å². The van der Waals surface area contributed by atoms with Gasteiger partial charge < -0.3 is 9.73 Å². The summed E-state index contributed by atoms with van der Waals surface area (Å²) in [4.78, 5) is 0. The van der Waals surface area contributed by atoms with E-state index in [0.717, 1.165) is 0 Å². The third-order valence-corrected chi connectivity index (χ3v) is 4.21. The molecule has 1 heterocycles. The van der Waals surface area contributed by atoms with Gasteiger partial charge in [0.05, 0.1) is 6.54 Å². The van der Waals surface area contributed by atoms with Crippen molar-refractivity contribution in [1.82, 2.24) is 9.62 Å². The summed E-state index contributed by atoms with van der Waals surface area (Å²) >= 11 is 0. The van der Waals surface area contributed by atoms with E-state index in [2.05, 4.69) is 5.32 Å². The molecule has 0 fully saturated rings. The zero-order valence-electron chi connectivity index (χ0n) is 9.86. The van der Waals surface area contributed by atoms with Crippen LogP contribution < -0.4 is 5.32 Å². The Morgan fingerprint density at radius 1 is 1.31 bits per heavy atom. The smallest absolute Gasteiger partial charge is 0.276 e. The molecule has 92 valence electrons. The summed E-state index contributed by atoms with van der Waals surface area (Å²) in [5.41, 5.74) is 0. The molecule has 6 heteroatoms. The first-order valence-corrected chi connectivity index (χ1v) is 6.73. The molecule has 0 unspecified atom stereocenters. The Labute approximate surface area is 96.5 Å². The van der Waals surface area contributed by atoms with Crippen LogP contribution in [0.5, 0.6) is 0 Å². The van der Waals surface area contributed by atoms with Gasteiger partial charge in [0.25, 0.3) is 10.0 Å². The van der Waals surface area contributed by atoms with Crippen molar-refractivity contribution in [1.29, 1.82) is 0 Å². The van der Waals surface area contributed by atoms with Crippen LogP contribution in [0.2, 0.25) is 0 Å². The lowest BCUT2D eigenvalue weighted by Gasteiger charge is -2.16. The highest BCUT2D eigenvalue weighted by atomic mass is 32.2. The van der Waals surface area contributed by atoms with E-state index in [1.54, 1.807) is 27.0 Å². The molecule has 16 heavy (non-hydrogen) atoms. The first-order chi connectivity index (χ1) is 7.56. The Morgan fingerprint density at radius 2 is 1.94 bits per heavy atom. The van der Waals surface area contributed by atoms with Gasteiger partial charge in [-0.2, -0.15) is 4.31 Å². The highest BCUT2D eigenvalue weighted by Crippen LogP contribution is 2.18. The standard InChI is InChI=1S/C10H18N2O3S/c1-4-12(5-2)16(13,14)10-7-6-9(15-10)8-11-3/h6-7,11H,4-5,8H2,1-3H3. The summed E-state index contributed by atoms with van der Waals surface area (Å²) in [5, 5.41) is 2.92. The summed E-state index contributed by atoms with van der Waals surface area (Å²) in [5.74, 6) is 0.619. The molecule has 0 atom stereocenters. The molecule has 5 nitrogen and oxygen atoms in total. The second-order valence-electron chi connectivity index (χ2n) is 3.34. The van der Waals surface area contributed by atoms with Gasteiger partial charge in [-0.05, 0) is 19.2 Å². The fourth-order valence-corrected chi connectivity index (χ4v) is 2.84. The molecule has 0 aromatic carbocycles. The van der Waals surface area contributed by atoms with Crippen LogP contribution in [0.3, 0.4) is 0 Å². The number of nitrogens with one attached hydrogen (secondary N) is 1. The molecule has 1 rings (SSSR count). The monoisotopic (exact) mass is 246 g/mol. The highest BCUT2D eigenvalue weighted by molar-refractivity contribution is 7.89. The average Bonchev–Trinajstić information content (AvgIpc) is 2.69. The highest BCUT2D eigenvalue weighted by Gasteiger charge is 2.24. The van der Waals surface area contributed by atoms with Crippen LogP contribution in [-0.4, -0.2) is 32.9 Å². The molecule has 1 N–H and O–H groups in total. The van der Waals surface area contributed by atoms with Gasteiger partial charge in [0.1, 0.15) is 5.76 Å². The maximum atomic E-state index is 12.0. The predicted octanol–water partition coefficient (Wildman–Crippen LogP) is 1.03. The van der Waals surface area contributed by atoms with Crippen molar-refractivity contribution < 1.29 is 12.8 Å². The zero-order valence-corrected chi connectivity index (χ0v) is 10.7. The van der Waals surface area contributed by atoms with Gasteiger partial charge in [-0.3, -0.25) is 0 Å². The van der Waals surface area contributed by atoms with Crippen LogP contribution in [0, 0.1) is 0 Å². The maximum absolute atomic E-state index is 12.0. The lowest BCUT2D eigenvalue weighted by atomic mass is 10.4. The molecule has 0 saturated heterocycles. The molecule has 0 spiro atoms.